The van der Waals surface area contributed by atoms with E-state index in [-0.39, 0.29) is 6.10 Å². The molecule has 120 valence electrons. The quantitative estimate of drug-likeness (QED) is 0.449. The van der Waals surface area contributed by atoms with Gasteiger partial charge >= 0.3 is 0 Å². The van der Waals surface area contributed by atoms with Crippen LogP contribution in [0, 0.1) is 6.92 Å². The van der Waals surface area contributed by atoms with Gasteiger partial charge in [-0.3, -0.25) is 0 Å². The molecule has 0 bridgehead atoms. The van der Waals surface area contributed by atoms with Crippen LogP contribution in [-0.2, 0) is 0 Å². The molecule has 0 N–H and O–H groups in total. The lowest BCUT2D eigenvalue weighted by Crippen LogP contribution is -2.18. The van der Waals surface area contributed by atoms with E-state index in [9.17, 15) is 0 Å². The first-order chi connectivity index (χ1) is 12.3. The van der Waals surface area contributed by atoms with Crippen molar-refractivity contribution in [3.05, 3.63) is 95.6 Å². The number of ether oxygens (including phenoxy) is 1. The average molecular weight is 323 g/mol. The summed E-state index contributed by atoms with van der Waals surface area (Å²) in [5.74, 6) is 0.894. The van der Waals surface area contributed by atoms with Crippen LogP contribution >= 0.6 is 0 Å². The lowest BCUT2D eigenvalue weighted by atomic mass is 9.88. The van der Waals surface area contributed by atoms with Crippen LogP contribution in [0.2, 0.25) is 0 Å². The van der Waals surface area contributed by atoms with Crippen LogP contribution < -0.4 is 4.74 Å². The van der Waals surface area contributed by atoms with Crippen LogP contribution in [0.25, 0.3) is 22.2 Å². The fraction of sp³-hybridized carbons (Fsp3) is 0.0870. The van der Waals surface area contributed by atoms with Gasteiger partial charge in [0.2, 0.25) is 0 Å². The summed E-state index contributed by atoms with van der Waals surface area (Å²) in [4.78, 5) is 5.01. The third-order valence-corrected chi connectivity index (χ3v) is 4.95. The molecule has 1 aliphatic rings. The number of nitrogens with zero attached hydrogens (tertiary/aromatic N) is 1. The van der Waals surface area contributed by atoms with Gasteiger partial charge in [0, 0.05) is 16.5 Å². The van der Waals surface area contributed by atoms with E-state index in [2.05, 4.69) is 55.5 Å². The lowest BCUT2D eigenvalue weighted by Gasteiger charge is -2.30. The van der Waals surface area contributed by atoms with E-state index in [1.165, 1.54) is 16.5 Å². The summed E-state index contributed by atoms with van der Waals surface area (Å²) in [5, 5.41) is 1.19. The highest BCUT2D eigenvalue weighted by molar-refractivity contribution is 5.89. The maximum absolute atomic E-state index is 6.43. The molecule has 0 aliphatic carbocycles. The highest BCUT2D eigenvalue weighted by Gasteiger charge is 2.30. The Morgan fingerprint density at radius 2 is 1.52 bits per heavy atom. The summed E-state index contributed by atoms with van der Waals surface area (Å²) in [6, 6.07) is 26.9. The zero-order valence-corrected chi connectivity index (χ0v) is 13.9. The Labute approximate surface area is 146 Å². The van der Waals surface area contributed by atoms with Crippen molar-refractivity contribution in [3.63, 3.8) is 0 Å². The zero-order valence-electron chi connectivity index (χ0n) is 13.9. The van der Waals surface area contributed by atoms with Crippen molar-refractivity contribution in [2.45, 2.75) is 13.0 Å². The summed E-state index contributed by atoms with van der Waals surface area (Å²) in [6.45, 7) is 2.18. The molecule has 0 spiro atoms. The van der Waals surface area contributed by atoms with Crippen molar-refractivity contribution in [1.82, 2.24) is 4.98 Å². The van der Waals surface area contributed by atoms with E-state index in [0.29, 0.717) is 0 Å². The molecule has 0 amide bonds. The van der Waals surface area contributed by atoms with E-state index < -0.39 is 0 Å². The largest absolute Gasteiger partial charge is 0.480 e. The van der Waals surface area contributed by atoms with Gasteiger partial charge in [0.1, 0.15) is 5.75 Å². The molecule has 2 nitrogen and oxygen atoms in total. The standard InChI is InChI=1S/C23H17NO/c1-15-17-11-5-7-13-19(17)24-22-18-12-6-8-14-20(18)25-23(21(15)22)16-9-3-2-4-10-16/h2-14,23H,1H3/t23-/m0/s1. The molecule has 3 aromatic carbocycles. The zero-order chi connectivity index (χ0) is 16.8. The number of rotatable bonds is 1. The molecule has 25 heavy (non-hydrogen) atoms. The fourth-order valence-electron chi connectivity index (χ4n) is 3.73. The molecule has 4 aromatic rings. The van der Waals surface area contributed by atoms with Crippen molar-refractivity contribution < 1.29 is 4.74 Å². The van der Waals surface area contributed by atoms with Crippen molar-refractivity contribution in [1.29, 1.82) is 0 Å². The Kier molecular flexibility index (Phi) is 3.10. The predicted octanol–water partition coefficient (Wildman–Crippen LogP) is 5.69. The van der Waals surface area contributed by atoms with Crippen molar-refractivity contribution in [2.75, 3.05) is 0 Å². The first-order valence-corrected chi connectivity index (χ1v) is 8.53. The highest BCUT2D eigenvalue weighted by atomic mass is 16.5. The Morgan fingerprint density at radius 3 is 2.40 bits per heavy atom. The molecule has 0 unspecified atom stereocenters. The molecule has 2 heterocycles. The van der Waals surface area contributed by atoms with Gasteiger partial charge in [-0.25, -0.2) is 4.98 Å². The molecule has 0 fully saturated rings. The smallest absolute Gasteiger partial charge is 0.151 e. The number of fused-ring (bicyclic) bond motifs is 4. The molecular formula is C23H17NO. The summed E-state index contributed by atoms with van der Waals surface area (Å²) in [7, 11) is 0. The van der Waals surface area contributed by atoms with E-state index in [0.717, 1.165) is 28.1 Å². The Hall–Kier alpha value is -3.13. The molecule has 2 heteroatoms. The minimum absolute atomic E-state index is 0.136. The average Bonchev–Trinajstić information content (AvgIpc) is 2.68. The molecule has 1 aromatic heterocycles. The summed E-state index contributed by atoms with van der Waals surface area (Å²) < 4.78 is 6.43. The summed E-state index contributed by atoms with van der Waals surface area (Å²) in [6.07, 6.45) is -0.136. The maximum Gasteiger partial charge on any atom is 0.151 e. The number of para-hydroxylation sites is 2. The number of benzene rings is 3. The molecule has 5 rings (SSSR count). The highest BCUT2D eigenvalue weighted by Crippen LogP contribution is 2.46. The minimum Gasteiger partial charge on any atom is -0.480 e. The summed E-state index contributed by atoms with van der Waals surface area (Å²) >= 11 is 0. The monoisotopic (exact) mass is 323 g/mol. The van der Waals surface area contributed by atoms with Gasteiger partial charge in [-0.05, 0) is 36.2 Å². The Bertz CT molecular complexity index is 1090. The van der Waals surface area contributed by atoms with Gasteiger partial charge in [0.15, 0.2) is 6.10 Å². The van der Waals surface area contributed by atoms with E-state index in [4.69, 9.17) is 9.72 Å². The molecule has 0 saturated heterocycles. The number of aromatic nitrogens is 1. The molecular weight excluding hydrogens is 306 g/mol. The van der Waals surface area contributed by atoms with E-state index in [1.54, 1.807) is 0 Å². The Morgan fingerprint density at radius 1 is 0.800 bits per heavy atom. The minimum atomic E-state index is -0.136. The lowest BCUT2D eigenvalue weighted by molar-refractivity contribution is 0.242. The third-order valence-electron chi connectivity index (χ3n) is 4.95. The molecule has 0 radical (unpaired) electrons. The van der Waals surface area contributed by atoms with Crippen LogP contribution in [0.3, 0.4) is 0 Å². The molecule has 0 saturated carbocycles. The third kappa shape index (κ3) is 2.14. The van der Waals surface area contributed by atoms with Crippen LogP contribution in [-0.4, -0.2) is 4.98 Å². The van der Waals surface area contributed by atoms with Gasteiger partial charge in [0.25, 0.3) is 0 Å². The van der Waals surface area contributed by atoms with Gasteiger partial charge in [0.05, 0.1) is 11.2 Å². The van der Waals surface area contributed by atoms with Crippen LogP contribution in [0.1, 0.15) is 22.8 Å². The predicted molar refractivity (Wildman–Crippen MR) is 101 cm³/mol. The van der Waals surface area contributed by atoms with Crippen LogP contribution in [0.4, 0.5) is 0 Å². The SMILES string of the molecule is Cc1c2c(nc3ccccc13)-c1ccccc1O[C@H]2c1ccccc1. The van der Waals surface area contributed by atoms with Crippen molar-refractivity contribution >= 4 is 10.9 Å². The summed E-state index contributed by atoms with van der Waals surface area (Å²) in [5.41, 5.74) is 6.69. The van der Waals surface area contributed by atoms with E-state index >= 15 is 0 Å². The van der Waals surface area contributed by atoms with Gasteiger partial charge < -0.3 is 4.74 Å². The maximum atomic E-state index is 6.43. The van der Waals surface area contributed by atoms with Crippen LogP contribution in [0.15, 0.2) is 78.9 Å². The number of hydrogen-bond donors (Lipinski definition) is 0. The van der Waals surface area contributed by atoms with Crippen molar-refractivity contribution in [3.8, 4) is 17.0 Å². The van der Waals surface area contributed by atoms with Gasteiger partial charge in [-0.1, -0.05) is 60.7 Å². The molecule has 1 atom stereocenters. The van der Waals surface area contributed by atoms with Gasteiger partial charge in [-0.2, -0.15) is 0 Å². The van der Waals surface area contributed by atoms with Crippen LogP contribution in [0.5, 0.6) is 5.75 Å². The first kappa shape index (κ1) is 14.2. The molecule has 1 aliphatic heterocycles. The first-order valence-electron chi connectivity index (χ1n) is 8.53. The second-order valence-corrected chi connectivity index (χ2v) is 6.42. The number of pyridine rings is 1. The number of aryl methyl sites for hydroxylation is 1. The topological polar surface area (TPSA) is 22.1 Å². The fourth-order valence-corrected chi connectivity index (χ4v) is 3.73. The second-order valence-electron chi connectivity index (χ2n) is 6.42. The van der Waals surface area contributed by atoms with E-state index in [1.807, 2.05) is 30.3 Å². The second kappa shape index (κ2) is 5.45. The van der Waals surface area contributed by atoms with Gasteiger partial charge in [-0.15, -0.1) is 0 Å². The van der Waals surface area contributed by atoms with Crippen molar-refractivity contribution in [2.24, 2.45) is 0 Å². The number of hydrogen-bond acceptors (Lipinski definition) is 2. The normalized spacial score (nSPS) is 15.3. The Balaban J connectivity index is 1.87.